The van der Waals surface area contributed by atoms with E-state index in [2.05, 4.69) is 5.32 Å². The van der Waals surface area contributed by atoms with Crippen LogP contribution in [0.1, 0.15) is 30.7 Å². The molecule has 0 aromatic heterocycles. The number of benzene rings is 2. The standard InChI is InChI=1S/C22H28N2O3/c1-24(2)18-10-8-17(9-11-18)23-22(25)14-19(15-5-6-15)16-7-12-20(26-3)21(13-16)27-4/h7-13,15,19H,5-6,14H2,1-4H3,(H,23,25). The fourth-order valence-corrected chi connectivity index (χ4v) is 3.39. The molecule has 0 bridgehead atoms. The maximum absolute atomic E-state index is 12.6. The van der Waals surface area contributed by atoms with E-state index in [1.165, 1.54) is 12.8 Å². The number of methoxy groups -OCH3 is 2. The number of rotatable bonds is 8. The molecule has 1 aliphatic rings. The van der Waals surface area contributed by atoms with Crippen LogP contribution >= 0.6 is 0 Å². The van der Waals surface area contributed by atoms with Gasteiger partial charge in [-0.2, -0.15) is 0 Å². The Morgan fingerprint density at radius 2 is 1.74 bits per heavy atom. The second kappa shape index (κ2) is 8.33. The number of nitrogens with zero attached hydrogens (tertiary/aromatic N) is 1. The fourth-order valence-electron chi connectivity index (χ4n) is 3.39. The van der Waals surface area contributed by atoms with Gasteiger partial charge in [-0.3, -0.25) is 4.79 Å². The van der Waals surface area contributed by atoms with Crippen LogP contribution in [-0.2, 0) is 4.79 Å². The summed E-state index contributed by atoms with van der Waals surface area (Å²) in [6, 6.07) is 13.8. The third-order valence-corrected chi connectivity index (χ3v) is 5.10. The molecule has 1 atom stereocenters. The number of ether oxygens (including phenoxy) is 2. The Bertz CT molecular complexity index is 783. The Kier molecular flexibility index (Phi) is 5.89. The van der Waals surface area contributed by atoms with Gasteiger partial charge in [0.2, 0.25) is 5.91 Å². The fraction of sp³-hybridized carbons (Fsp3) is 0.409. The second-order valence-electron chi connectivity index (χ2n) is 7.25. The first-order valence-corrected chi connectivity index (χ1v) is 9.31. The van der Waals surface area contributed by atoms with E-state index in [1.807, 2.05) is 61.5 Å². The van der Waals surface area contributed by atoms with Gasteiger partial charge in [0.15, 0.2) is 11.5 Å². The molecular formula is C22H28N2O3. The predicted octanol–water partition coefficient (Wildman–Crippen LogP) is 4.29. The summed E-state index contributed by atoms with van der Waals surface area (Å²) in [6.07, 6.45) is 2.81. The molecule has 1 saturated carbocycles. The Labute approximate surface area is 161 Å². The maximum Gasteiger partial charge on any atom is 0.224 e. The molecule has 2 aromatic carbocycles. The summed E-state index contributed by atoms with van der Waals surface area (Å²) < 4.78 is 10.8. The highest BCUT2D eigenvalue weighted by atomic mass is 16.5. The van der Waals surface area contributed by atoms with Crippen molar-refractivity contribution >= 4 is 17.3 Å². The zero-order valence-corrected chi connectivity index (χ0v) is 16.5. The van der Waals surface area contributed by atoms with Crippen LogP contribution in [0.4, 0.5) is 11.4 Å². The summed E-state index contributed by atoms with van der Waals surface area (Å²) in [7, 11) is 7.26. The highest BCUT2D eigenvalue weighted by Gasteiger charge is 2.34. The lowest BCUT2D eigenvalue weighted by Crippen LogP contribution is -2.17. The number of hydrogen-bond donors (Lipinski definition) is 1. The van der Waals surface area contributed by atoms with E-state index in [0.29, 0.717) is 23.8 Å². The summed E-state index contributed by atoms with van der Waals surface area (Å²) in [5, 5.41) is 3.03. The highest BCUT2D eigenvalue weighted by Crippen LogP contribution is 2.46. The molecule has 1 N–H and O–H groups in total. The van der Waals surface area contributed by atoms with Crippen molar-refractivity contribution in [3.05, 3.63) is 48.0 Å². The van der Waals surface area contributed by atoms with Gasteiger partial charge < -0.3 is 19.7 Å². The smallest absolute Gasteiger partial charge is 0.224 e. The van der Waals surface area contributed by atoms with Crippen LogP contribution in [0.3, 0.4) is 0 Å². The molecule has 0 spiro atoms. The molecule has 1 amide bonds. The third-order valence-electron chi connectivity index (χ3n) is 5.10. The van der Waals surface area contributed by atoms with Crippen molar-refractivity contribution in [2.45, 2.75) is 25.2 Å². The Balaban J connectivity index is 1.70. The van der Waals surface area contributed by atoms with Gasteiger partial charge in [-0.25, -0.2) is 0 Å². The van der Waals surface area contributed by atoms with E-state index < -0.39 is 0 Å². The molecule has 144 valence electrons. The minimum absolute atomic E-state index is 0.0410. The van der Waals surface area contributed by atoms with Crippen LogP contribution in [0.2, 0.25) is 0 Å². The van der Waals surface area contributed by atoms with Crippen LogP contribution in [0, 0.1) is 5.92 Å². The van der Waals surface area contributed by atoms with E-state index >= 15 is 0 Å². The van der Waals surface area contributed by atoms with Crippen LogP contribution in [-0.4, -0.2) is 34.2 Å². The first-order valence-electron chi connectivity index (χ1n) is 9.31. The topological polar surface area (TPSA) is 50.8 Å². The second-order valence-corrected chi connectivity index (χ2v) is 7.25. The van der Waals surface area contributed by atoms with Gasteiger partial charge in [-0.05, 0) is 66.6 Å². The number of hydrogen-bond acceptors (Lipinski definition) is 4. The monoisotopic (exact) mass is 368 g/mol. The normalized spacial score (nSPS) is 14.4. The molecule has 5 nitrogen and oxygen atoms in total. The van der Waals surface area contributed by atoms with Crippen molar-refractivity contribution in [2.24, 2.45) is 5.92 Å². The van der Waals surface area contributed by atoms with Gasteiger partial charge in [0, 0.05) is 31.9 Å². The molecule has 5 heteroatoms. The lowest BCUT2D eigenvalue weighted by molar-refractivity contribution is -0.116. The number of anilines is 2. The van der Waals surface area contributed by atoms with Gasteiger partial charge in [0.1, 0.15) is 0 Å². The molecule has 3 rings (SSSR count). The summed E-state index contributed by atoms with van der Waals surface area (Å²) in [5.74, 6) is 2.22. The number of carbonyl (C=O) groups excluding carboxylic acids is 1. The van der Waals surface area contributed by atoms with Crippen molar-refractivity contribution in [2.75, 3.05) is 38.5 Å². The van der Waals surface area contributed by atoms with Gasteiger partial charge in [0.05, 0.1) is 14.2 Å². The average Bonchev–Trinajstić information content (AvgIpc) is 3.51. The minimum Gasteiger partial charge on any atom is -0.493 e. The van der Waals surface area contributed by atoms with Gasteiger partial charge in [0.25, 0.3) is 0 Å². The van der Waals surface area contributed by atoms with E-state index in [4.69, 9.17) is 9.47 Å². The zero-order valence-electron chi connectivity index (χ0n) is 16.5. The average molecular weight is 368 g/mol. The first-order chi connectivity index (χ1) is 13.0. The van der Waals surface area contributed by atoms with Gasteiger partial charge in [-0.1, -0.05) is 6.07 Å². The number of amides is 1. The quantitative estimate of drug-likeness (QED) is 0.755. The van der Waals surface area contributed by atoms with Gasteiger partial charge >= 0.3 is 0 Å². The third kappa shape index (κ3) is 4.73. The highest BCUT2D eigenvalue weighted by molar-refractivity contribution is 5.91. The molecule has 27 heavy (non-hydrogen) atoms. The van der Waals surface area contributed by atoms with E-state index in [-0.39, 0.29) is 11.8 Å². The molecule has 0 aliphatic heterocycles. The SMILES string of the molecule is COc1ccc(C(CC(=O)Nc2ccc(N(C)C)cc2)C2CC2)cc1OC. The number of nitrogens with one attached hydrogen (secondary N) is 1. The van der Waals surface area contributed by atoms with E-state index in [9.17, 15) is 4.79 Å². The Hall–Kier alpha value is -2.69. The summed E-state index contributed by atoms with van der Waals surface area (Å²) in [4.78, 5) is 14.7. The minimum atomic E-state index is 0.0410. The van der Waals surface area contributed by atoms with Crippen molar-refractivity contribution < 1.29 is 14.3 Å². The van der Waals surface area contributed by atoms with Gasteiger partial charge in [-0.15, -0.1) is 0 Å². The van der Waals surface area contributed by atoms with Crippen LogP contribution in [0.25, 0.3) is 0 Å². The molecule has 0 saturated heterocycles. The Morgan fingerprint density at radius 1 is 1.07 bits per heavy atom. The Morgan fingerprint density at radius 3 is 2.30 bits per heavy atom. The molecule has 1 unspecified atom stereocenters. The molecular weight excluding hydrogens is 340 g/mol. The molecule has 1 fully saturated rings. The largest absolute Gasteiger partial charge is 0.493 e. The summed E-state index contributed by atoms with van der Waals surface area (Å²) in [6.45, 7) is 0. The molecule has 2 aromatic rings. The zero-order chi connectivity index (χ0) is 19.4. The van der Waals surface area contributed by atoms with E-state index in [0.717, 1.165) is 16.9 Å². The maximum atomic E-state index is 12.6. The van der Waals surface area contributed by atoms with Crippen molar-refractivity contribution in [1.82, 2.24) is 0 Å². The van der Waals surface area contributed by atoms with E-state index in [1.54, 1.807) is 14.2 Å². The first kappa shape index (κ1) is 19.1. The lowest BCUT2D eigenvalue weighted by Gasteiger charge is -2.19. The van der Waals surface area contributed by atoms with Crippen molar-refractivity contribution in [3.63, 3.8) is 0 Å². The predicted molar refractivity (Wildman–Crippen MR) is 109 cm³/mol. The van der Waals surface area contributed by atoms with Crippen molar-refractivity contribution in [1.29, 1.82) is 0 Å². The number of carbonyl (C=O) groups is 1. The van der Waals surface area contributed by atoms with Crippen LogP contribution in [0.5, 0.6) is 11.5 Å². The molecule has 0 heterocycles. The molecule has 1 aliphatic carbocycles. The summed E-state index contributed by atoms with van der Waals surface area (Å²) >= 11 is 0. The summed E-state index contributed by atoms with van der Waals surface area (Å²) in [5.41, 5.74) is 3.06. The molecule has 0 radical (unpaired) electrons. The van der Waals surface area contributed by atoms with Crippen LogP contribution in [0.15, 0.2) is 42.5 Å². The van der Waals surface area contributed by atoms with Crippen molar-refractivity contribution in [3.8, 4) is 11.5 Å². The van der Waals surface area contributed by atoms with Crippen LogP contribution < -0.4 is 19.7 Å². The lowest BCUT2D eigenvalue weighted by atomic mass is 9.90.